The molecule has 9 heteroatoms. The van der Waals surface area contributed by atoms with E-state index in [0.29, 0.717) is 57.4 Å². The third-order valence-corrected chi connectivity index (χ3v) is 6.65. The third-order valence-electron chi connectivity index (χ3n) is 6.04. The number of amides is 1. The Bertz CT molecular complexity index is 1520. The van der Waals surface area contributed by atoms with Gasteiger partial charge in [-0.1, -0.05) is 47.5 Å². The summed E-state index contributed by atoms with van der Waals surface area (Å²) >= 11 is 12.7. The lowest BCUT2D eigenvalue weighted by atomic mass is 9.99. The molecule has 0 aliphatic carbocycles. The maximum absolute atomic E-state index is 13.2. The van der Waals surface area contributed by atoms with E-state index in [9.17, 15) is 14.7 Å². The van der Waals surface area contributed by atoms with Gasteiger partial charge in [0.2, 0.25) is 5.91 Å². The number of aliphatic hydroxyl groups excluding tert-OH is 1. The number of nitrogens with one attached hydrogen (secondary N) is 2. The van der Waals surface area contributed by atoms with E-state index >= 15 is 0 Å². The molecule has 1 aliphatic rings. The number of aromatic nitrogens is 2. The van der Waals surface area contributed by atoms with Gasteiger partial charge in [0.1, 0.15) is 6.04 Å². The molecule has 0 bridgehead atoms. The number of benzodiazepines with no additional fused rings is 1. The van der Waals surface area contributed by atoms with Crippen LogP contribution in [-0.2, 0) is 17.8 Å². The molecule has 3 aromatic carbocycles. The van der Waals surface area contributed by atoms with Crippen molar-refractivity contribution in [3.8, 4) is 0 Å². The van der Waals surface area contributed by atoms with Crippen LogP contribution in [0.5, 0.6) is 0 Å². The summed E-state index contributed by atoms with van der Waals surface area (Å²) in [4.78, 5) is 33.4. The Morgan fingerprint density at radius 1 is 1.03 bits per heavy atom. The number of rotatable bonds is 6. The average Bonchev–Trinajstić information content (AvgIpc) is 3.09. The predicted octanol–water partition coefficient (Wildman–Crippen LogP) is 4.42. The Hall–Kier alpha value is -3.39. The lowest BCUT2D eigenvalue weighted by molar-refractivity contribution is -0.117. The van der Waals surface area contributed by atoms with Gasteiger partial charge >= 0.3 is 5.69 Å². The van der Waals surface area contributed by atoms with E-state index < -0.39 is 6.04 Å². The van der Waals surface area contributed by atoms with Gasteiger partial charge in [-0.3, -0.25) is 14.4 Å². The summed E-state index contributed by atoms with van der Waals surface area (Å²) in [5.74, 6) is -0.244. The van der Waals surface area contributed by atoms with Gasteiger partial charge in [-0.05, 0) is 48.4 Å². The van der Waals surface area contributed by atoms with Crippen LogP contribution >= 0.6 is 23.2 Å². The van der Waals surface area contributed by atoms with Crippen molar-refractivity contribution in [2.75, 3.05) is 11.9 Å². The maximum Gasteiger partial charge on any atom is 0.326 e. The van der Waals surface area contributed by atoms with Crippen molar-refractivity contribution in [2.24, 2.45) is 4.99 Å². The van der Waals surface area contributed by atoms with E-state index in [2.05, 4.69) is 10.3 Å². The number of carbonyl (C=O) groups excluding carboxylic acids is 1. The zero-order valence-electron chi connectivity index (χ0n) is 18.6. The molecule has 7 nitrogen and oxygen atoms in total. The van der Waals surface area contributed by atoms with E-state index in [1.165, 1.54) is 0 Å². The number of hydrogen-bond donors (Lipinski definition) is 3. The molecule has 1 aliphatic heterocycles. The molecule has 0 unspecified atom stereocenters. The Morgan fingerprint density at radius 2 is 1.86 bits per heavy atom. The number of carbonyl (C=O) groups is 1. The molecule has 0 spiro atoms. The highest BCUT2D eigenvalue weighted by Gasteiger charge is 2.27. The number of hydrogen-bond acceptors (Lipinski definition) is 4. The summed E-state index contributed by atoms with van der Waals surface area (Å²) in [6.45, 7) is 0.359. The molecule has 5 rings (SSSR count). The number of fused-ring (bicyclic) bond motifs is 2. The molecule has 1 atom stereocenters. The minimum Gasteiger partial charge on any atom is -0.396 e. The predicted molar refractivity (Wildman–Crippen MR) is 139 cm³/mol. The van der Waals surface area contributed by atoms with Crippen LogP contribution in [0.1, 0.15) is 23.1 Å². The third kappa shape index (κ3) is 4.62. The van der Waals surface area contributed by atoms with Gasteiger partial charge in [0.05, 0.1) is 22.4 Å². The fraction of sp³-hybridized carbons (Fsp3) is 0.192. The molecule has 1 aromatic heterocycles. The summed E-state index contributed by atoms with van der Waals surface area (Å²) < 4.78 is 1.59. The second-order valence-electron chi connectivity index (χ2n) is 8.36. The number of imidazole rings is 1. The average molecular weight is 509 g/mol. The first kappa shape index (κ1) is 23.4. The van der Waals surface area contributed by atoms with Gasteiger partial charge < -0.3 is 15.4 Å². The lowest BCUT2D eigenvalue weighted by Crippen LogP contribution is -2.27. The molecule has 0 saturated heterocycles. The monoisotopic (exact) mass is 508 g/mol. The van der Waals surface area contributed by atoms with Gasteiger partial charge in [0.25, 0.3) is 0 Å². The molecule has 0 saturated carbocycles. The molecule has 4 aromatic rings. The first-order valence-corrected chi connectivity index (χ1v) is 12.0. The molecule has 178 valence electrons. The van der Waals surface area contributed by atoms with Crippen LogP contribution in [0.2, 0.25) is 10.0 Å². The highest BCUT2D eigenvalue weighted by atomic mass is 35.5. The summed E-state index contributed by atoms with van der Waals surface area (Å²) in [6.07, 6.45) is 0.777. The zero-order chi connectivity index (χ0) is 24.5. The van der Waals surface area contributed by atoms with E-state index in [1.54, 1.807) is 28.8 Å². The first-order chi connectivity index (χ1) is 16.9. The molecule has 1 amide bonds. The molecule has 0 fully saturated rings. The van der Waals surface area contributed by atoms with E-state index in [4.69, 9.17) is 28.2 Å². The summed E-state index contributed by atoms with van der Waals surface area (Å²) in [5, 5.41) is 13.3. The number of nitrogens with zero attached hydrogens (tertiary/aromatic N) is 2. The number of aryl methyl sites for hydroxylation is 1. The standard InChI is InChI=1S/C26H22Cl2N4O3/c27-17-7-9-20-18(14-17)24(29-22(25(34)30-20)12-15-4-1-2-5-19(15)28)16-6-8-21-23(13-16)32(10-3-11-33)26(35)31-21/h1-2,4-9,13-14,22,33H,3,10-12H2,(H,30,34)(H,31,35)/t22-/m0/s1. The van der Waals surface area contributed by atoms with Crippen molar-refractivity contribution < 1.29 is 9.90 Å². The van der Waals surface area contributed by atoms with Crippen molar-refractivity contribution in [3.63, 3.8) is 0 Å². The second kappa shape index (κ2) is 9.70. The summed E-state index contributed by atoms with van der Waals surface area (Å²) in [7, 11) is 0. The van der Waals surface area contributed by atoms with Crippen molar-refractivity contribution in [1.29, 1.82) is 0 Å². The number of anilines is 1. The number of H-pyrrole nitrogens is 1. The number of aliphatic hydroxyl groups is 1. The fourth-order valence-corrected chi connectivity index (χ4v) is 4.70. The summed E-state index contributed by atoms with van der Waals surface area (Å²) in [5.41, 5.74) is 4.56. The van der Waals surface area contributed by atoms with Gasteiger partial charge in [-0.15, -0.1) is 0 Å². The number of aromatic amines is 1. The Balaban J connectivity index is 1.67. The second-order valence-corrected chi connectivity index (χ2v) is 9.20. The van der Waals surface area contributed by atoms with Gasteiger partial charge in [0.15, 0.2) is 0 Å². The Morgan fingerprint density at radius 3 is 2.66 bits per heavy atom. The van der Waals surface area contributed by atoms with Crippen molar-refractivity contribution in [2.45, 2.75) is 25.4 Å². The van der Waals surface area contributed by atoms with Gasteiger partial charge in [0, 0.05) is 40.7 Å². The van der Waals surface area contributed by atoms with Crippen molar-refractivity contribution >= 4 is 51.5 Å². The molecule has 2 heterocycles. The highest BCUT2D eigenvalue weighted by Crippen LogP contribution is 2.29. The van der Waals surface area contributed by atoms with Crippen LogP contribution in [0.25, 0.3) is 11.0 Å². The minimum absolute atomic E-state index is 0.0190. The number of benzene rings is 3. The van der Waals surface area contributed by atoms with Crippen LogP contribution in [0.4, 0.5) is 5.69 Å². The minimum atomic E-state index is -0.727. The quantitative estimate of drug-likeness (QED) is 0.359. The molecular weight excluding hydrogens is 487 g/mol. The van der Waals surface area contributed by atoms with Crippen molar-refractivity contribution in [3.05, 3.63) is 97.9 Å². The van der Waals surface area contributed by atoms with E-state index in [0.717, 1.165) is 11.1 Å². The first-order valence-electron chi connectivity index (χ1n) is 11.2. The zero-order valence-corrected chi connectivity index (χ0v) is 20.1. The molecule has 35 heavy (non-hydrogen) atoms. The SMILES string of the molecule is O=C1Nc2ccc(Cl)cc2C(c2ccc3[nH]c(=O)n(CCCO)c3c2)=N[C@H]1Cc1ccccc1Cl. The summed E-state index contributed by atoms with van der Waals surface area (Å²) in [6, 6.07) is 17.5. The van der Waals surface area contributed by atoms with Crippen LogP contribution in [0, 0.1) is 0 Å². The van der Waals surface area contributed by atoms with Crippen LogP contribution < -0.4 is 11.0 Å². The number of halogens is 2. The fourth-order valence-electron chi connectivity index (χ4n) is 4.31. The lowest BCUT2D eigenvalue weighted by Gasteiger charge is -2.12. The topological polar surface area (TPSA) is 99.5 Å². The largest absolute Gasteiger partial charge is 0.396 e. The van der Waals surface area contributed by atoms with Crippen LogP contribution in [0.15, 0.2) is 70.5 Å². The van der Waals surface area contributed by atoms with E-state index in [1.807, 2.05) is 36.4 Å². The molecule has 0 radical (unpaired) electrons. The van der Waals surface area contributed by atoms with E-state index in [-0.39, 0.29) is 18.2 Å². The van der Waals surface area contributed by atoms with Gasteiger partial charge in [-0.2, -0.15) is 0 Å². The normalized spacial score (nSPS) is 15.5. The Kier molecular flexibility index (Phi) is 6.47. The smallest absolute Gasteiger partial charge is 0.326 e. The molecule has 3 N–H and O–H groups in total. The molecular formula is C26H22Cl2N4O3. The van der Waals surface area contributed by atoms with Crippen LogP contribution in [0.3, 0.4) is 0 Å². The van der Waals surface area contributed by atoms with Crippen LogP contribution in [-0.4, -0.2) is 38.9 Å². The highest BCUT2D eigenvalue weighted by molar-refractivity contribution is 6.32. The van der Waals surface area contributed by atoms with Crippen molar-refractivity contribution in [1.82, 2.24) is 9.55 Å². The number of aliphatic imine (C=N–C) groups is 1. The Labute approximate surface area is 211 Å². The van der Waals surface area contributed by atoms with Gasteiger partial charge in [-0.25, -0.2) is 4.79 Å². The maximum atomic E-state index is 13.2.